The van der Waals surface area contributed by atoms with Crippen LogP contribution in [0.25, 0.3) is 10.8 Å². The van der Waals surface area contributed by atoms with Crippen molar-refractivity contribution >= 4 is 16.5 Å². The summed E-state index contributed by atoms with van der Waals surface area (Å²) in [5.41, 5.74) is 2.69. The van der Waals surface area contributed by atoms with Gasteiger partial charge in [-0.1, -0.05) is 48.5 Å². The lowest BCUT2D eigenvalue weighted by molar-refractivity contribution is 0.0536. The van der Waals surface area contributed by atoms with E-state index in [9.17, 15) is 5.11 Å². The van der Waals surface area contributed by atoms with Gasteiger partial charge in [-0.3, -0.25) is 0 Å². The van der Waals surface area contributed by atoms with Gasteiger partial charge in [0.1, 0.15) is 18.5 Å². The normalized spacial score (nSPS) is 19.7. The molecule has 0 amide bonds. The van der Waals surface area contributed by atoms with Gasteiger partial charge in [-0.05, 0) is 61.3 Å². The molecule has 0 aliphatic heterocycles. The van der Waals surface area contributed by atoms with Crippen molar-refractivity contribution in [3.8, 4) is 5.75 Å². The van der Waals surface area contributed by atoms with E-state index in [0.29, 0.717) is 12.0 Å². The maximum atomic E-state index is 9.43. The van der Waals surface area contributed by atoms with E-state index in [1.807, 2.05) is 12.1 Å². The summed E-state index contributed by atoms with van der Waals surface area (Å²) in [6.45, 7) is 3.08. The minimum absolute atomic E-state index is 0.109. The first-order chi connectivity index (χ1) is 14.7. The number of fused-ring (bicyclic) bond motifs is 1. The zero-order valence-electron chi connectivity index (χ0n) is 17.6. The number of benzene rings is 3. The smallest absolute Gasteiger partial charge is 0.119 e. The summed E-state index contributed by atoms with van der Waals surface area (Å²) in [5, 5.41) is 21.0. The molecule has 0 aromatic heterocycles. The summed E-state index contributed by atoms with van der Waals surface area (Å²) in [6.07, 6.45) is 2.70. The highest BCUT2D eigenvalue weighted by molar-refractivity contribution is 5.94. The molecule has 4 heteroatoms. The Bertz CT molecular complexity index is 951. The van der Waals surface area contributed by atoms with Crippen molar-refractivity contribution in [2.24, 2.45) is 0 Å². The fourth-order valence-corrected chi connectivity index (χ4v) is 4.71. The Labute approximate surface area is 178 Å². The van der Waals surface area contributed by atoms with Crippen molar-refractivity contribution in [3.63, 3.8) is 0 Å². The van der Waals surface area contributed by atoms with Gasteiger partial charge in [0.05, 0.1) is 6.61 Å². The zero-order chi connectivity index (χ0) is 20.9. The lowest BCUT2D eigenvalue weighted by Gasteiger charge is -2.31. The number of ether oxygens (including phenoxy) is 1. The summed E-state index contributed by atoms with van der Waals surface area (Å²) in [6, 6.07) is 24.0. The predicted octanol–water partition coefficient (Wildman–Crippen LogP) is 4.73. The molecule has 0 heterocycles. The second-order valence-electron chi connectivity index (χ2n) is 8.16. The molecule has 2 N–H and O–H groups in total. The molecule has 3 aromatic carbocycles. The van der Waals surface area contributed by atoms with Gasteiger partial charge in [0.2, 0.25) is 0 Å². The van der Waals surface area contributed by atoms with E-state index in [-0.39, 0.29) is 13.2 Å². The summed E-state index contributed by atoms with van der Waals surface area (Å²) < 4.78 is 5.53. The van der Waals surface area contributed by atoms with Crippen molar-refractivity contribution in [1.29, 1.82) is 0 Å². The molecule has 158 valence electrons. The summed E-state index contributed by atoms with van der Waals surface area (Å²) in [4.78, 5) is 2.58. The van der Waals surface area contributed by atoms with Crippen LogP contribution in [0.5, 0.6) is 5.75 Å². The zero-order valence-corrected chi connectivity index (χ0v) is 17.6. The van der Waals surface area contributed by atoms with Gasteiger partial charge < -0.3 is 19.8 Å². The second kappa shape index (κ2) is 9.50. The van der Waals surface area contributed by atoms with Gasteiger partial charge in [0, 0.05) is 23.7 Å². The van der Waals surface area contributed by atoms with E-state index in [2.05, 4.69) is 66.4 Å². The maximum absolute atomic E-state index is 9.43. The van der Waals surface area contributed by atoms with Gasteiger partial charge >= 0.3 is 0 Å². The molecule has 0 spiro atoms. The monoisotopic (exact) mass is 405 g/mol. The highest BCUT2D eigenvalue weighted by Gasteiger charge is 2.30. The van der Waals surface area contributed by atoms with Crippen LogP contribution in [0.2, 0.25) is 0 Å². The SMILES string of the molecule is CCN(c1cccc2ccccc12)C1CCC(c2ccc(OCC(O)CO)cc2)C1. The summed E-state index contributed by atoms with van der Waals surface area (Å²) >= 11 is 0. The molecule has 0 bridgehead atoms. The summed E-state index contributed by atoms with van der Waals surface area (Å²) in [7, 11) is 0. The molecule has 0 radical (unpaired) electrons. The van der Waals surface area contributed by atoms with Gasteiger partial charge in [0.25, 0.3) is 0 Å². The molecule has 3 unspecified atom stereocenters. The Kier molecular flexibility index (Phi) is 6.56. The van der Waals surface area contributed by atoms with Crippen LogP contribution in [0.1, 0.15) is 37.7 Å². The van der Waals surface area contributed by atoms with Crippen LogP contribution in [-0.2, 0) is 0 Å². The minimum Gasteiger partial charge on any atom is -0.491 e. The molecule has 3 aromatic rings. The number of hydrogen-bond donors (Lipinski definition) is 2. The first-order valence-corrected chi connectivity index (χ1v) is 11.0. The van der Waals surface area contributed by atoms with E-state index < -0.39 is 6.10 Å². The van der Waals surface area contributed by atoms with E-state index in [4.69, 9.17) is 9.84 Å². The highest BCUT2D eigenvalue weighted by atomic mass is 16.5. The van der Waals surface area contributed by atoms with Gasteiger partial charge in [-0.25, -0.2) is 0 Å². The standard InChI is InChI=1S/C26H31NO3/c1-2-27(26-9-5-7-20-6-3-4-8-25(20)26)22-13-10-21(16-22)19-11-14-24(15-12-19)30-18-23(29)17-28/h3-9,11-12,14-15,21-23,28-29H,2,10,13,16-18H2,1H3. The Morgan fingerprint density at radius 2 is 1.77 bits per heavy atom. The minimum atomic E-state index is -0.839. The number of anilines is 1. The molecular formula is C26H31NO3. The van der Waals surface area contributed by atoms with Crippen LogP contribution in [-0.4, -0.2) is 42.1 Å². The molecular weight excluding hydrogens is 374 g/mol. The summed E-state index contributed by atoms with van der Waals surface area (Å²) in [5.74, 6) is 1.28. The largest absolute Gasteiger partial charge is 0.491 e. The third-order valence-corrected chi connectivity index (χ3v) is 6.27. The second-order valence-corrected chi connectivity index (χ2v) is 8.16. The van der Waals surface area contributed by atoms with Crippen molar-refractivity contribution < 1.29 is 14.9 Å². The quantitative estimate of drug-likeness (QED) is 0.569. The van der Waals surface area contributed by atoms with Crippen molar-refractivity contribution in [3.05, 3.63) is 72.3 Å². The highest BCUT2D eigenvalue weighted by Crippen LogP contribution is 2.40. The Morgan fingerprint density at radius 3 is 2.53 bits per heavy atom. The van der Waals surface area contributed by atoms with Crippen LogP contribution >= 0.6 is 0 Å². The molecule has 1 fully saturated rings. The topological polar surface area (TPSA) is 52.9 Å². The van der Waals surface area contributed by atoms with Crippen LogP contribution < -0.4 is 9.64 Å². The molecule has 1 aliphatic carbocycles. The van der Waals surface area contributed by atoms with Crippen LogP contribution in [0, 0.1) is 0 Å². The Morgan fingerprint density at radius 1 is 1.00 bits per heavy atom. The first-order valence-electron chi connectivity index (χ1n) is 11.0. The van der Waals surface area contributed by atoms with Crippen LogP contribution in [0.4, 0.5) is 5.69 Å². The number of aliphatic hydroxyl groups is 2. The Balaban J connectivity index is 1.45. The van der Waals surface area contributed by atoms with Crippen molar-refractivity contribution in [2.45, 2.75) is 44.2 Å². The lowest BCUT2D eigenvalue weighted by atomic mass is 9.97. The predicted molar refractivity (Wildman–Crippen MR) is 122 cm³/mol. The average molecular weight is 406 g/mol. The number of rotatable bonds is 8. The molecule has 3 atom stereocenters. The maximum Gasteiger partial charge on any atom is 0.119 e. The van der Waals surface area contributed by atoms with E-state index in [1.54, 1.807) is 0 Å². The van der Waals surface area contributed by atoms with E-state index in [1.165, 1.54) is 34.9 Å². The molecule has 0 saturated heterocycles. The molecule has 4 rings (SSSR count). The fourth-order valence-electron chi connectivity index (χ4n) is 4.71. The molecule has 1 aliphatic rings. The Hall–Kier alpha value is -2.56. The third-order valence-electron chi connectivity index (χ3n) is 6.27. The van der Waals surface area contributed by atoms with Crippen molar-refractivity contribution in [2.75, 3.05) is 24.7 Å². The fraction of sp³-hybridized carbons (Fsp3) is 0.385. The molecule has 30 heavy (non-hydrogen) atoms. The van der Waals surface area contributed by atoms with Gasteiger partial charge in [-0.15, -0.1) is 0 Å². The van der Waals surface area contributed by atoms with Crippen molar-refractivity contribution in [1.82, 2.24) is 0 Å². The third kappa shape index (κ3) is 4.45. The van der Waals surface area contributed by atoms with Crippen LogP contribution in [0.15, 0.2) is 66.7 Å². The number of hydrogen-bond acceptors (Lipinski definition) is 4. The van der Waals surface area contributed by atoms with E-state index in [0.717, 1.165) is 18.7 Å². The number of aliphatic hydroxyl groups excluding tert-OH is 2. The van der Waals surface area contributed by atoms with Gasteiger partial charge in [0.15, 0.2) is 0 Å². The first kappa shape index (κ1) is 20.7. The number of nitrogens with zero attached hydrogens (tertiary/aromatic N) is 1. The van der Waals surface area contributed by atoms with Gasteiger partial charge in [-0.2, -0.15) is 0 Å². The van der Waals surface area contributed by atoms with E-state index >= 15 is 0 Å². The average Bonchev–Trinajstić information content (AvgIpc) is 3.28. The molecule has 1 saturated carbocycles. The molecule has 4 nitrogen and oxygen atoms in total. The lowest BCUT2D eigenvalue weighted by Crippen LogP contribution is -2.33. The van der Waals surface area contributed by atoms with Crippen LogP contribution in [0.3, 0.4) is 0 Å².